The molecule has 0 unspecified atom stereocenters. The van der Waals surface area contributed by atoms with Crippen LogP contribution < -0.4 is 15.6 Å². The number of carbonyl (C=O) groups excluding carboxylic acids is 1. The number of ether oxygens (including phenoxy) is 1. The second-order valence-corrected chi connectivity index (χ2v) is 7.48. The summed E-state index contributed by atoms with van der Waals surface area (Å²) in [7, 11) is 0. The minimum atomic E-state index is -0.314. The third-order valence-electron chi connectivity index (χ3n) is 3.39. The standard InChI is InChI=1S/C19H15Cl2N3O3S/c20-12-6-13(21)8-14(7-12)22-18(26)11-28-19-23-15(9-17(25)24-19)10-27-16-4-2-1-3-5-16/h1-9H,10-11H2,(H,22,26)(H,23,24,25). The Balaban J connectivity index is 1.58. The number of para-hydroxylation sites is 1. The maximum absolute atomic E-state index is 12.1. The zero-order valence-corrected chi connectivity index (χ0v) is 16.8. The number of H-pyrrole nitrogens is 1. The molecule has 0 fully saturated rings. The first-order valence-electron chi connectivity index (χ1n) is 8.15. The fourth-order valence-corrected chi connectivity index (χ4v) is 3.48. The molecule has 0 radical (unpaired) electrons. The third kappa shape index (κ3) is 6.30. The predicted octanol–water partition coefficient (Wildman–Crippen LogP) is 4.39. The first-order valence-corrected chi connectivity index (χ1v) is 9.89. The summed E-state index contributed by atoms with van der Waals surface area (Å²) in [6.07, 6.45) is 0. The van der Waals surface area contributed by atoms with Gasteiger partial charge in [0, 0.05) is 21.8 Å². The van der Waals surface area contributed by atoms with Crippen molar-refractivity contribution in [3.63, 3.8) is 0 Å². The molecule has 6 nitrogen and oxygen atoms in total. The van der Waals surface area contributed by atoms with Gasteiger partial charge in [0.1, 0.15) is 12.4 Å². The van der Waals surface area contributed by atoms with Gasteiger partial charge in [-0.25, -0.2) is 4.98 Å². The Kier molecular flexibility index (Phi) is 6.97. The van der Waals surface area contributed by atoms with Gasteiger partial charge in [-0.2, -0.15) is 0 Å². The molecule has 2 N–H and O–H groups in total. The van der Waals surface area contributed by atoms with Gasteiger partial charge in [-0.15, -0.1) is 0 Å². The molecular formula is C19H15Cl2N3O3S. The summed E-state index contributed by atoms with van der Waals surface area (Å²) in [6.45, 7) is 0.148. The molecule has 28 heavy (non-hydrogen) atoms. The Morgan fingerprint density at radius 3 is 2.54 bits per heavy atom. The summed E-state index contributed by atoms with van der Waals surface area (Å²) in [4.78, 5) is 30.9. The Morgan fingerprint density at radius 2 is 1.82 bits per heavy atom. The highest BCUT2D eigenvalue weighted by molar-refractivity contribution is 7.99. The van der Waals surface area contributed by atoms with E-state index in [2.05, 4.69) is 15.3 Å². The quantitative estimate of drug-likeness (QED) is 0.424. The topological polar surface area (TPSA) is 84.1 Å². The van der Waals surface area contributed by atoms with Crippen LogP contribution in [0.25, 0.3) is 0 Å². The number of hydrogen-bond acceptors (Lipinski definition) is 5. The van der Waals surface area contributed by atoms with E-state index < -0.39 is 0 Å². The van der Waals surface area contributed by atoms with Crippen molar-refractivity contribution >= 4 is 46.6 Å². The second-order valence-electron chi connectivity index (χ2n) is 5.64. The molecule has 0 bridgehead atoms. The van der Waals surface area contributed by atoms with Crippen LogP contribution in [-0.2, 0) is 11.4 Å². The smallest absolute Gasteiger partial charge is 0.251 e. The van der Waals surface area contributed by atoms with Crippen molar-refractivity contribution in [3.8, 4) is 5.75 Å². The minimum absolute atomic E-state index is 0.0517. The SMILES string of the molecule is O=C(CSc1nc(COc2ccccc2)cc(=O)[nH]1)Nc1cc(Cl)cc(Cl)c1. The van der Waals surface area contributed by atoms with Crippen molar-refractivity contribution in [2.45, 2.75) is 11.8 Å². The molecule has 2 aromatic carbocycles. The van der Waals surface area contributed by atoms with Crippen molar-refractivity contribution in [1.82, 2.24) is 9.97 Å². The van der Waals surface area contributed by atoms with Gasteiger partial charge < -0.3 is 15.0 Å². The number of anilines is 1. The van der Waals surface area contributed by atoms with Crippen molar-refractivity contribution in [2.24, 2.45) is 0 Å². The van der Waals surface area contributed by atoms with E-state index in [1.807, 2.05) is 30.3 Å². The number of hydrogen-bond donors (Lipinski definition) is 2. The summed E-state index contributed by atoms with van der Waals surface area (Å²) in [5.74, 6) is 0.450. The van der Waals surface area contributed by atoms with Crippen molar-refractivity contribution in [1.29, 1.82) is 0 Å². The predicted molar refractivity (Wildman–Crippen MR) is 111 cm³/mol. The van der Waals surface area contributed by atoms with E-state index in [1.54, 1.807) is 18.2 Å². The van der Waals surface area contributed by atoms with Crippen LogP contribution in [0.2, 0.25) is 10.0 Å². The van der Waals surface area contributed by atoms with Crippen molar-refractivity contribution in [3.05, 3.63) is 80.7 Å². The number of benzene rings is 2. The Hall–Kier alpha value is -2.48. The maximum Gasteiger partial charge on any atom is 0.251 e. The lowest BCUT2D eigenvalue weighted by Crippen LogP contribution is -2.16. The molecule has 0 saturated carbocycles. The van der Waals surface area contributed by atoms with E-state index in [0.29, 0.717) is 32.3 Å². The van der Waals surface area contributed by atoms with Gasteiger partial charge in [0.2, 0.25) is 5.91 Å². The number of halogens is 2. The number of thioether (sulfide) groups is 1. The van der Waals surface area contributed by atoms with Crippen LogP contribution in [0.1, 0.15) is 5.69 Å². The largest absolute Gasteiger partial charge is 0.487 e. The summed E-state index contributed by atoms with van der Waals surface area (Å²) in [5, 5.41) is 3.88. The van der Waals surface area contributed by atoms with Crippen LogP contribution >= 0.6 is 35.0 Å². The highest BCUT2D eigenvalue weighted by Crippen LogP contribution is 2.23. The molecule has 1 aromatic heterocycles. The molecule has 3 rings (SSSR count). The van der Waals surface area contributed by atoms with E-state index in [1.165, 1.54) is 6.07 Å². The molecule has 0 atom stereocenters. The fraction of sp³-hybridized carbons (Fsp3) is 0.105. The monoisotopic (exact) mass is 435 g/mol. The fourth-order valence-electron chi connectivity index (χ4n) is 2.26. The van der Waals surface area contributed by atoms with Crippen LogP contribution in [0.15, 0.2) is 64.5 Å². The summed E-state index contributed by atoms with van der Waals surface area (Å²) in [6, 6.07) is 15.3. The number of nitrogens with zero attached hydrogens (tertiary/aromatic N) is 1. The van der Waals surface area contributed by atoms with Gasteiger partial charge in [-0.3, -0.25) is 9.59 Å². The first kappa shape index (κ1) is 20.3. The van der Waals surface area contributed by atoms with E-state index in [-0.39, 0.29) is 23.8 Å². The average molecular weight is 436 g/mol. The molecule has 0 aliphatic rings. The van der Waals surface area contributed by atoms with Gasteiger partial charge in [0.05, 0.1) is 11.4 Å². The number of nitrogens with one attached hydrogen (secondary N) is 2. The van der Waals surface area contributed by atoms with E-state index >= 15 is 0 Å². The van der Waals surface area contributed by atoms with Gasteiger partial charge >= 0.3 is 0 Å². The maximum atomic E-state index is 12.1. The average Bonchev–Trinajstić information content (AvgIpc) is 2.64. The van der Waals surface area contributed by atoms with E-state index in [9.17, 15) is 9.59 Å². The van der Waals surface area contributed by atoms with Crippen LogP contribution in [0, 0.1) is 0 Å². The molecule has 1 heterocycles. The lowest BCUT2D eigenvalue weighted by molar-refractivity contribution is -0.113. The zero-order valence-electron chi connectivity index (χ0n) is 14.4. The Bertz CT molecular complexity index is 1010. The number of carbonyl (C=O) groups is 1. The Labute approximate surface area is 175 Å². The second kappa shape index (κ2) is 9.64. The lowest BCUT2D eigenvalue weighted by atomic mass is 10.3. The molecule has 0 aliphatic heterocycles. The van der Waals surface area contributed by atoms with Gasteiger partial charge in [0.15, 0.2) is 5.16 Å². The number of amides is 1. The lowest BCUT2D eigenvalue weighted by Gasteiger charge is -2.08. The van der Waals surface area contributed by atoms with Gasteiger partial charge in [-0.1, -0.05) is 53.2 Å². The van der Waals surface area contributed by atoms with Gasteiger partial charge in [0.25, 0.3) is 5.56 Å². The van der Waals surface area contributed by atoms with Crippen LogP contribution in [0.3, 0.4) is 0 Å². The molecule has 9 heteroatoms. The van der Waals surface area contributed by atoms with E-state index in [0.717, 1.165) is 11.8 Å². The normalized spacial score (nSPS) is 10.5. The van der Waals surface area contributed by atoms with Crippen LogP contribution in [0.4, 0.5) is 5.69 Å². The highest BCUT2D eigenvalue weighted by Gasteiger charge is 2.08. The number of aromatic amines is 1. The summed E-state index contributed by atoms with van der Waals surface area (Å²) < 4.78 is 5.60. The molecule has 0 aliphatic carbocycles. The third-order valence-corrected chi connectivity index (χ3v) is 4.70. The highest BCUT2D eigenvalue weighted by atomic mass is 35.5. The molecule has 144 valence electrons. The molecule has 3 aromatic rings. The van der Waals surface area contributed by atoms with Gasteiger partial charge in [-0.05, 0) is 30.3 Å². The summed E-state index contributed by atoms with van der Waals surface area (Å²) >= 11 is 12.9. The van der Waals surface area contributed by atoms with Crippen molar-refractivity contribution < 1.29 is 9.53 Å². The number of rotatable bonds is 7. The Morgan fingerprint density at radius 1 is 1.11 bits per heavy atom. The molecule has 0 saturated heterocycles. The number of aromatic nitrogens is 2. The summed E-state index contributed by atoms with van der Waals surface area (Å²) in [5.41, 5.74) is 0.651. The van der Waals surface area contributed by atoms with E-state index in [4.69, 9.17) is 27.9 Å². The molecule has 0 spiro atoms. The van der Waals surface area contributed by atoms with Crippen molar-refractivity contribution in [2.75, 3.05) is 11.1 Å². The minimum Gasteiger partial charge on any atom is -0.487 e. The van der Waals surface area contributed by atoms with Crippen LogP contribution in [-0.4, -0.2) is 21.6 Å². The molecular weight excluding hydrogens is 421 g/mol. The van der Waals surface area contributed by atoms with Crippen LogP contribution in [0.5, 0.6) is 5.75 Å². The zero-order chi connectivity index (χ0) is 19.9. The molecule has 1 amide bonds. The first-order chi connectivity index (χ1) is 13.5.